The minimum absolute atomic E-state index is 0.211. The fourth-order valence-electron chi connectivity index (χ4n) is 7.61. The first kappa shape index (κ1) is 39.9. The van der Waals surface area contributed by atoms with Crippen LogP contribution in [0.15, 0.2) is 240 Å². The van der Waals surface area contributed by atoms with Crippen molar-refractivity contribution in [3.8, 4) is 0 Å². The SMILES string of the molecule is c1ccc(P(=Nc2ccccc2CCOCOCCc2ccccc2N=P(c2ccccc2)(c2ccccc2)c2ccccc2)(c2ccccc2)c2ccccc2)cc1. The average Bonchev–Trinajstić information content (AvgIpc) is 3.32. The number of nitrogens with zero attached hydrogens (tertiary/aromatic N) is 2. The monoisotopic (exact) mass is 806 g/mol. The molecule has 0 N–H and O–H groups in total. The van der Waals surface area contributed by atoms with Crippen molar-refractivity contribution in [2.24, 2.45) is 9.49 Å². The molecule has 0 radical (unpaired) electrons. The molecule has 0 unspecified atom stereocenters. The van der Waals surface area contributed by atoms with Crippen molar-refractivity contribution in [2.75, 3.05) is 20.0 Å². The van der Waals surface area contributed by atoms with Crippen LogP contribution >= 0.6 is 14.1 Å². The summed E-state index contributed by atoms with van der Waals surface area (Å²) in [5.74, 6) is 0. The van der Waals surface area contributed by atoms with Crippen LogP contribution in [0.1, 0.15) is 11.1 Å². The Kier molecular flexibility index (Phi) is 13.4. The van der Waals surface area contributed by atoms with Crippen LogP contribution in [0.3, 0.4) is 0 Å². The van der Waals surface area contributed by atoms with Gasteiger partial charge in [-0.25, -0.2) is 0 Å². The largest absolute Gasteiger partial charge is 0.355 e. The second kappa shape index (κ2) is 19.7. The maximum Gasteiger partial charge on any atom is 0.146 e. The van der Waals surface area contributed by atoms with Crippen LogP contribution in [-0.2, 0) is 22.3 Å². The molecule has 0 amide bonds. The van der Waals surface area contributed by atoms with E-state index in [1.54, 1.807) is 0 Å². The molecule has 0 atom stereocenters. The van der Waals surface area contributed by atoms with Crippen LogP contribution in [0.25, 0.3) is 0 Å². The van der Waals surface area contributed by atoms with Gasteiger partial charge in [-0.3, -0.25) is 9.49 Å². The van der Waals surface area contributed by atoms with E-state index in [9.17, 15) is 0 Å². The third-order valence-corrected chi connectivity index (χ3v) is 17.8. The van der Waals surface area contributed by atoms with Crippen molar-refractivity contribution in [1.29, 1.82) is 0 Å². The Morgan fingerprint density at radius 1 is 0.288 bits per heavy atom. The smallest absolute Gasteiger partial charge is 0.146 e. The van der Waals surface area contributed by atoms with Gasteiger partial charge >= 0.3 is 0 Å². The molecule has 8 aromatic carbocycles. The molecule has 59 heavy (non-hydrogen) atoms. The van der Waals surface area contributed by atoms with E-state index < -0.39 is 14.1 Å². The zero-order valence-corrected chi connectivity index (χ0v) is 34.9. The van der Waals surface area contributed by atoms with Gasteiger partial charge in [0.2, 0.25) is 0 Å². The van der Waals surface area contributed by atoms with Gasteiger partial charge in [-0.05, 0) is 36.1 Å². The van der Waals surface area contributed by atoms with Crippen molar-refractivity contribution in [3.63, 3.8) is 0 Å². The van der Waals surface area contributed by atoms with Crippen LogP contribution in [-0.4, -0.2) is 20.0 Å². The van der Waals surface area contributed by atoms with Crippen molar-refractivity contribution < 1.29 is 9.47 Å². The number of rotatable bonds is 16. The summed E-state index contributed by atoms with van der Waals surface area (Å²) in [7, 11) is -4.80. The molecule has 0 aliphatic heterocycles. The third kappa shape index (κ3) is 9.08. The Morgan fingerprint density at radius 3 is 0.797 bits per heavy atom. The number of ether oxygens (including phenoxy) is 2. The second-order valence-corrected chi connectivity index (χ2v) is 20.2. The normalized spacial score (nSPS) is 11.5. The first-order valence-electron chi connectivity index (χ1n) is 20.2. The third-order valence-electron chi connectivity index (χ3n) is 10.5. The van der Waals surface area contributed by atoms with E-state index in [0.717, 1.165) is 22.5 Å². The van der Waals surface area contributed by atoms with E-state index in [1.165, 1.54) is 31.8 Å². The molecule has 4 nitrogen and oxygen atoms in total. The molecular weight excluding hydrogens is 759 g/mol. The molecule has 0 saturated heterocycles. The lowest BCUT2D eigenvalue weighted by Crippen LogP contribution is -2.25. The van der Waals surface area contributed by atoms with Gasteiger partial charge in [0.15, 0.2) is 0 Å². The second-order valence-electron chi connectivity index (χ2n) is 14.2. The highest BCUT2D eigenvalue weighted by atomic mass is 31.2. The van der Waals surface area contributed by atoms with Crippen molar-refractivity contribution in [1.82, 2.24) is 0 Å². The lowest BCUT2D eigenvalue weighted by Gasteiger charge is -2.27. The first-order valence-corrected chi connectivity index (χ1v) is 23.7. The molecule has 0 fully saturated rings. The molecule has 292 valence electrons. The van der Waals surface area contributed by atoms with Gasteiger partial charge in [0.1, 0.15) is 6.79 Å². The summed E-state index contributed by atoms with van der Waals surface area (Å²) in [4.78, 5) is 0. The molecule has 6 heteroatoms. The van der Waals surface area contributed by atoms with E-state index in [2.05, 4.69) is 231 Å². The summed E-state index contributed by atoms with van der Waals surface area (Å²) in [5, 5.41) is 7.33. The molecule has 8 aromatic rings. The van der Waals surface area contributed by atoms with Crippen molar-refractivity contribution >= 4 is 57.3 Å². The molecule has 0 heterocycles. The minimum Gasteiger partial charge on any atom is -0.355 e. The van der Waals surface area contributed by atoms with Gasteiger partial charge in [-0.1, -0.05) is 218 Å². The maximum absolute atomic E-state index is 6.13. The Hall–Kier alpha value is -5.86. The van der Waals surface area contributed by atoms with Crippen LogP contribution in [0.2, 0.25) is 0 Å². The van der Waals surface area contributed by atoms with E-state index in [1.807, 2.05) is 0 Å². The zero-order valence-electron chi connectivity index (χ0n) is 33.1. The molecule has 0 aliphatic carbocycles. The standard InChI is InChI=1S/C53H48N2O2P2/c1-7-25-46(26-8-1)58(47-27-9-2-10-28-47,48-29-11-3-12-30-48)54-52-37-21-19-23-44(52)39-41-56-43-57-42-40-45-24-20-22-38-53(45)55-59(49-31-13-4-14-32-49,50-33-15-5-16-34-50)51-35-17-6-18-36-51/h1-38H,39-43H2. The maximum atomic E-state index is 6.13. The van der Waals surface area contributed by atoms with E-state index in [0.29, 0.717) is 26.1 Å². The Bertz CT molecular complexity index is 2250. The lowest BCUT2D eigenvalue weighted by atomic mass is 10.1. The topological polar surface area (TPSA) is 43.2 Å². The summed E-state index contributed by atoms with van der Waals surface area (Å²) in [6.07, 6.45) is 1.43. The van der Waals surface area contributed by atoms with Crippen LogP contribution in [0, 0.1) is 0 Å². The average molecular weight is 807 g/mol. The number of hydrogen-bond acceptors (Lipinski definition) is 4. The van der Waals surface area contributed by atoms with Crippen molar-refractivity contribution in [2.45, 2.75) is 12.8 Å². The molecule has 0 spiro atoms. The fourth-order valence-corrected chi connectivity index (χ4v) is 14.7. The Labute approximate surface area is 349 Å². The molecule has 0 saturated carbocycles. The van der Waals surface area contributed by atoms with Gasteiger partial charge in [0, 0.05) is 31.8 Å². The predicted octanol–water partition coefficient (Wildman–Crippen LogP) is 11.1. The van der Waals surface area contributed by atoms with Crippen LogP contribution in [0.5, 0.6) is 0 Å². The van der Waals surface area contributed by atoms with Gasteiger partial charge in [-0.2, -0.15) is 0 Å². The van der Waals surface area contributed by atoms with E-state index >= 15 is 0 Å². The summed E-state index contributed by atoms with van der Waals surface area (Å²) in [5.41, 5.74) is 4.28. The molecule has 8 rings (SSSR count). The Balaban J connectivity index is 0.996. The zero-order chi connectivity index (χ0) is 40.0. The molecular formula is C53H48N2O2P2. The summed E-state index contributed by atoms with van der Waals surface area (Å²) >= 11 is 0. The summed E-state index contributed by atoms with van der Waals surface area (Å²) < 4.78 is 23.8. The van der Waals surface area contributed by atoms with E-state index in [-0.39, 0.29) is 6.79 Å². The van der Waals surface area contributed by atoms with E-state index in [4.69, 9.17) is 19.0 Å². The highest BCUT2D eigenvalue weighted by Crippen LogP contribution is 2.51. The first-order chi connectivity index (χ1) is 29.3. The lowest BCUT2D eigenvalue weighted by molar-refractivity contribution is -0.0516. The van der Waals surface area contributed by atoms with Gasteiger partial charge < -0.3 is 9.47 Å². The fraction of sp³-hybridized carbons (Fsp3) is 0.0943. The summed E-state index contributed by atoms with van der Waals surface area (Å²) in [6.45, 7) is 1.25. The molecule has 0 aromatic heterocycles. The van der Waals surface area contributed by atoms with Crippen molar-refractivity contribution in [3.05, 3.63) is 242 Å². The summed E-state index contributed by atoms with van der Waals surface area (Å²) in [6, 6.07) is 81.5. The molecule has 0 bridgehead atoms. The van der Waals surface area contributed by atoms with Crippen LogP contribution in [0.4, 0.5) is 11.4 Å². The number of benzene rings is 8. The number of hydrogen-bond donors (Lipinski definition) is 0. The van der Waals surface area contributed by atoms with Gasteiger partial charge in [0.25, 0.3) is 0 Å². The van der Waals surface area contributed by atoms with Crippen LogP contribution < -0.4 is 31.8 Å². The predicted molar refractivity (Wildman–Crippen MR) is 252 cm³/mol. The Morgan fingerprint density at radius 2 is 0.525 bits per heavy atom. The highest BCUT2D eigenvalue weighted by molar-refractivity contribution is 7.88. The van der Waals surface area contributed by atoms with Gasteiger partial charge in [-0.15, -0.1) is 0 Å². The highest BCUT2D eigenvalue weighted by Gasteiger charge is 2.29. The minimum atomic E-state index is -2.40. The quantitative estimate of drug-likeness (QED) is 0.0554. The van der Waals surface area contributed by atoms with Gasteiger partial charge in [0.05, 0.1) is 38.7 Å². The molecule has 0 aliphatic rings.